The second kappa shape index (κ2) is 7.99. The number of benzene rings is 2. The fourth-order valence-corrected chi connectivity index (χ4v) is 2.27. The zero-order valence-electron chi connectivity index (χ0n) is 12.6. The van der Waals surface area contributed by atoms with Gasteiger partial charge in [0.15, 0.2) is 11.6 Å². The average Bonchev–Trinajstić information content (AvgIpc) is 2.50. The minimum Gasteiger partial charge on any atom is -0.432 e. The first-order valence-corrected chi connectivity index (χ1v) is 7.15. The van der Waals surface area contributed by atoms with Gasteiger partial charge in [-0.3, -0.25) is 0 Å². The van der Waals surface area contributed by atoms with Crippen molar-refractivity contribution < 1.29 is 23.0 Å². The Morgan fingerprint density at radius 3 is 2.57 bits per heavy atom. The van der Waals surface area contributed by atoms with Crippen LogP contribution in [0.25, 0.3) is 0 Å². The Hall–Kier alpha value is -2.05. The van der Waals surface area contributed by atoms with Crippen LogP contribution in [-0.2, 0) is 6.54 Å². The van der Waals surface area contributed by atoms with E-state index >= 15 is 0 Å². The fourth-order valence-electron chi connectivity index (χ4n) is 2.27. The maximum absolute atomic E-state index is 13.6. The van der Waals surface area contributed by atoms with Crippen LogP contribution in [0.15, 0.2) is 42.5 Å². The van der Waals surface area contributed by atoms with Gasteiger partial charge in [0.1, 0.15) is 0 Å². The van der Waals surface area contributed by atoms with Crippen molar-refractivity contribution in [3.63, 3.8) is 0 Å². The molecule has 2 N–H and O–H groups in total. The number of alkyl halides is 2. The molecule has 1 unspecified atom stereocenters. The molecule has 2 aromatic carbocycles. The van der Waals surface area contributed by atoms with E-state index in [1.54, 1.807) is 0 Å². The van der Waals surface area contributed by atoms with Crippen LogP contribution in [0.4, 0.5) is 13.2 Å². The van der Waals surface area contributed by atoms with Gasteiger partial charge in [-0.2, -0.15) is 8.78 Å². The van der Waals surface area contributed by atoms with E-state index in [1.165, 1.54) is 6.07 Å². The van der Waals surface area contributed by atoms with Crippen LogP contribution in [-0.4, -0.2) is 18.3 Å². The molecule has 0 aliphatic rings. The largest absolute Gasteiger partial charge is 0.432 e. The second-order valence-corrected chi connectivity index (χ2v) is 5.15. The summed E-state index contributed by atoms with van der Waals surface area (Å²) in [4.78, 5) is 0. The molecule has 6 heteroatoms. The Labute approximate surface area is 132 Å². The first-order chi connectivity index (χ1) is 11.0. The lowest BCUT2D eigenvalue weighted by Crippen LogP contribution is -2.21. The minimum absolute atomic E-state index is 0.293. The van der Waals surface area contributed by atoms with Crippen molar-refractivity contribution in [1.29, 1.82) is 0 Å². The average molecular weight is 325 g/mol. The summed E-state index contributed by atoms with van der Waals surface area (Å²) in [5, 5.41) is 13.1. The summed E-state index contributed by atoms with van der Waals surface area (Å²) in [6.07, 6.45) is -0.678. The molecule has 0 radical (unpaired) electrons. The Morgan fingerprint density at radius 1 is 1.17 bits per heavy atom. The maximum Gasteiger partial charge on any atom is 0.387 e. The van der Waals surface area contributed by atoms with Gasteiger partial charge in [-0.1, -0.05) is 30.3 Å². The SMILES string of the molecule is Cc1ccccc1C(O)CNCc1ccc(OC(F)F)c(F)c1. The van der Waals surface area contributed by atoms with Gasteiger partial charge in [-0.15, -0.1) is 0 Å². The van der Waals surface area contributed by atoms with Crippen molar-refractivity contribution in [1.82, 2.24) is 5.32 Å². The molecule has 0 heterocycles. The van der Waals surface area contributed by atoms with Crippen molar-refractivity contribution in [2.24, 2.45) is 0 Å². The molecule has 23 heavy (non-hydrogen) atoms. The highest BCUT2D eigenvalue weighted by molar-refractivity contribution is 5.30. The molecule has 124 valence electrons. The first-order valence-electron chi connectivity index (χ1n) is 7.15. The van der Waals surface area contributed by atoms with E-state index in [4.69, 9.17) is 0 Å². The summed E-state index contributed by atoms with van der Waals surface area (Å²) in [5.74, 6) is -1.33. The van der Waals surface area contributed by atoms with Gasteiger partial charge in [0.25, 0.3) is 0 Å². The van der Waals surface area contributed by atoms with Crippen molar-refractivity contribution >= 4 is 0 Å². The predicted molar refractivity (Wildman–Crippen MR) is 80.9 cm³/mol. The van der Waals surface area contributed by atoms with Crippen molar-refractivity contribution in [3.05, 3.63) is 65.0 Å². The minimum atomic E-state index is -3.06. The van der Waals surface area contributed by atoms with Gasteiger partial charge in [0.05, 0.1) is 6.10 Å². The highest BCUT2D eigenvalue weighted by Crippen LogP contribution is 2.21. The van der Waals surface area contributed by atoms with Crippen LogP contribution >= 0.6 is 0 Å². The highest BCUT2D eigenvalue weighted by Gasteiger charge is 2.11. The van der Waals surface area contributed by atoms with Gasteiger partial charge in [-0.05, 0) is 35.7 Å². The molecular formula is C17H18F3NO2. The van der Waals surface area contributed by atoms with Gasteiger partial charge in [-0.25, -0.2) is 4.39 Å². The van der Waals surface area contributed by atoms with Gasteiger partial charge < -0.3 is 15.2 Å². The standard InChI is InChI=1S/C17H18F3NO2/c1-11-4-2-3-5-13(11)15(22)10-21-9-12-6-7-16(14(18)8-12)23-17(19)20/h2-8,15,17,21-22H,9-10H2,1H3. The Bertz CT molecular complexity index is 649. The fraction of sp³-hybridized carbons (Fsp3) is 0.294. The molecule has 2 rings (SSSR count). The molecule has 1 atom stereocenters. The number of rotatable bonds is 7. The molecule has 3 nitrogen and oxygen atoms in total. The monoisotopic (exact) mass is 325 g/mol. The lowest BCUT2D eigenvalue weighted by molar-refractivity contribution is -0.0522. The number of aryl methyl sites for hydroxylation is 1. The van der Waals surface area contributed by atoms with E-state index in [-0.39, 0.29) is 0 Å². The van der Waals surface area contributed by atoms with E-state index in [0.29, 0.717) is 18.7 Å². The number of aliphatic hydroxyl groups is 1. The molecule has 0 spiro atoms. The molecule has 0 fully saturated rings. The summed E-state index contributed by atoms with van der Waals surface area (Å²) in [7, 11) is 0. The molecule has 0 saturated carbocycles. The lowest BCUT2D eigenvalue weighted by atomic mass is 10.0. The Kier molecular flexibility index (Phi) is 6.01. The lowest BCUT2D eigenvalue weighted by Gasteiger charge is -2.15. The van der Waals surface area contributed by atoms with Crippen LogP contribution in [0.1, 0.15) is 22.8 Å². The predicted octanol–water partition coefficient (Wildman–Crippen LogP) is 3.56. The molecule has 0 aliphatic carbocycles. The topological polar surface area (TPSA) is 41.5 Å². The Morgan fingerprint density at radius 2 is 1.91 bits per heavy atom. The van der Waals surface area contributed by atoms with Gasteiger partial charge in [0.2, 0.25) is 0 Å². The van der Waals surface area contributed by atoms with Gasteiger partial charge >= 0.3 is 6.61 Å². The zero-order chi connectivity index (χ0) is 16.8. The normalized spacial score (nSPS) is 12.4. The third-order valence-corrected chi connectivity index (χ3v) is 3.43. The molecule has 0 saturated heterocycles. The van der Waals surface area contributed by atoms with Gasteiger partial charge in [0, 0.05) is 13.1 Å². The van der Waals surface area contributed by atoms with Crippen molar-refractivity contribution in [2.75, 3.05) is 6.54 Å². The number of ether oxygens (including phenoxy) is 1. The Balaban J connectivity index is 1.89. The number of hydrogen-bond acceptors (Lipinski definition) is 3. The van der Waals surface area contributed by atoms with E-state index in [0.717, 1.165) is 23.3 Å². The van der Waals surface area contributed by atoms with Crippen LogP contribution in [0.3, 0.4) is 0 Å². The molecule has 0 aromatic heterocycles. The molecule has 0 amide bonds. The van der Waals surface area contributed by atoms with Crippen molar-refractivity contribution in [2.45, 2.75) is 26.2 Å². The smallest absolute Gasteiger partial charge is 0.387 e. The van der Waals surface area contributed by atoms with Crippen molar-refractivity contribution in [3.8, 4) is 5.75 Å². The van der Waals surface area contributed by atoms with E-state index in [9.17, 15) is 18.3 Å². The second-order valence-electron chi connectivity index (χ2n) is 5.15. The molecule has 0 bridgehead atoms. The quantitative estimate of drug-likeness (QED) is 0.818. The summed E-state index contributed by atoms with van der Waals surface area (Å²) in [6.45, 7) is -0.551. The molecule has 2 aromatic rings. The summed E-state index contributed by atoms with van der Waals surface area (Å²) < 4.78 is 41.7. The summed E-state index contributed by atoms with van der Waals surface area (Å²) in [5.41, 5.74) is 2.38. The number of nitrogens with one attached hydrogen (secondary N) is 1. The summed E-state index contributed by atoms with van der Waals surface area (Å²) >= 11 is 0. The maximum atomic E-state index is 13.6. The zero-order valence-corrected chi connectivity index (χ0v) is 12.6. The summed E-state index contributed by atoms with van der Waals surface area (Å²) in [6, 6.07) is 11.3. The van der Waals surface area contributed by atoms with Crippen LogP contribution in [0, 0.1) is 12.7 Å². The highest BCUT2D eigenvalue weighted by atomic mass is 19.3. The first kappa shape index (κ1) is 17.3. The van der Waals surface area contributed by atoms with Crippen LogP contribution in [0.2, 0.25) is 0 Å². The van der Waals surface area contributed by atoms with Crippen LogP contribution < -0.4 is 10.1 Å². The third-order valence-electron chi connectivity index (χ3n) is 3.43. The van der Waals surface area contributed by atoms with E-state index < -0.39 is 24.3 Å². The molecule has 0 aliphatic heterocycles. The van der Waals surface area contributed by atoms with E-state index in [2.05, 4.69) is 10.1 Å². The molecular weight excluding hydrogens is 307 g/mol. The van der Waals surface area contributed by atoms with E-state index in [1.807, 2.05) is 31.2 Å². The number of hydrogen-bond donors (Lipinski definition) is 2. The number of halogens is 3. The number of aliphatic hydroxyl groups excluding tert-OH is 1. The third kappa shape index (κ3) is 4.97. The van der Waals surface area contributed by atoms with Crippen LogP contribution in [0.5, 0.6) is 5.75 Å².